The summed E-state index contributed by atoms with van der Waals surface area (Å²) in [5, 5.41) is 11.2. The van der Waals surface area contributed by atoms with E-state index in [1.165, 1.54) is 11.1 Å². The van der Waals surface area contributed by atoms with E-state index in [-0.39, 0.29) is 23.1 Å². The van der Waals surface area contributed by atoms with Crippen LogP contribution in [0.1, 0.15) is 40.0 Å². The fraction of sp³-hybridized carbons (Fsp3) is 0.360. The second kappa shape index (κ2) is 9.92. The number of carbonyl (C=O) groups excluding carboxylic acids is 1. The van der Waals surface area contributed by atoms with Gasteiger partial charge in [0, 0.05) is 23.8 Å². The van der Waals surface area contributed by atoms with E-state index in [1.54, 1.807) is 18.2 Å². The fourth-order valence-electron chi connectivity index (χ4n) is 4.19. The molecule has 194 valence electrons. The Kier molecular flexibility index (Phi) is 6.67. The highest BCUT2D eigenvalue weighted by atomic mass is 19.4. The molecule has 4 N–H and O–H groups in total. The average molecular weight is 516 g/mol. The maximum Gasteiger partial charge on any atom is 0.405 e. The molecule has 1 fully saturated rings. The van der Waals surface area contributed by atoms with Crippen molar-refractivity contribution in [1.29, 1.82) is 0 Å². The molecule has 3 aromatic rings. The Morgan fingerprint density at radius 2 is 1.92 bits per heavy atom. The minimum absolute atomic E-state index is 0.0333. The molecule has 0 spiro atoms. The largest absolute Gasteiger partial charge is 0.405 e. The van der Waals surface area contributed by atoms with E-state index in [0.717, 1.165) is 31.4 Å². The first-order valence-corrected chi connectivity index (χ1v) is 11.9. The number of carbonyl (C=O) groups is 1. The Morgan fingerprint density at radius 3 is 2.68 bits per heavy atom. The number of pyridine rings is 1. The molecule has 1 saturated carbocycles. The Hall–Kier alpha value is -3.80. The van der Waals surface area contributed by atoms with Crippen LogP contribution in [0, 0.1) is 0 Å². The van der Waals surface area contributed by atoms with Crippen LogP contribution in [-0.2, 0) is 18.4 Å². The van der Waals surface area contributed by atoms with Gasteiger partial charge in [-0.2, -0.15) is 18.2 Å². The monoisotopic (exact) mass is 515 g/mol. The summed E-state index contributed by atoms with van der Waals surface area (Å²) in [5.41, 5.74) is 2.90. The summed E-state index contributed by atoms with van der Waals surface area (Å²) in [6, 6.07) is 10.9. The van der Waals surface area contributed by atoms with Gasteiger partial charge < -0.3 is 21.3 Å². The highest BCUT2D eigenvalue weighted by Crippen LogP contribution is 2.47. The molecular weight excluding hydrogens is 490 g/mol. The van der Waals surface area contributed by atoms with Gasteiger partial charge >= 0.3 is 6.18 Å². The van der Waals surface area contributed by atoms with E-state index in [4.69, 9.17) is 0 Å². The summed E-state index contributed by atoms with van der Waals surface area (Å²) in [4.78, 5) is 25.6. The number of halogens is 4. The highest BCUT2D eigenvalue weighted by molar-refractivity contribution is 5.99. The normalized spacial score (nSPS) is 16.0. The molecule has 1 aromatic carbocycles. The summed E-state index contributed by atoms with van der Waals surface area (Å²) in [7, 11) is 0. The molecule has 0 bridgehead atoms. The number of anilines is 4. The first-order valence-electron chi connectivity index (χ1n) is 11.9. The summed E-state index contributed by atoms with van der Waals surface area (Å²) in [6.45, 7) is -0.370. The fourth-order valence-corrected chi connectivity index (χ4v) is 4.19. The van der Waals surface area contributed by atoms with Gasteiger partial charge in [0.15, 0.2) is 0 Å². The van der Waals surface area contributed by atoms with Crippen molar-refractivity contribution in [2.24, 2.45) is 0 Å². The quantitative estimate of drug-likeness (QED) is 0.332. The van der Waals surface area contributed by atoms with E-state index < -0.39 is 30.7 Å². The van der Waals surface area contributed by atoms with E-state index in [2.05, 4.69) is 30.9 Å². The molecule has 2 aromatic heterocycles. The van der Waals surface area contributed by atoms with Crippen LogP contribution in [0.25, 0.3) is 0 Å². The van der Waals surface area contributed by atoms with Crippen LogP contribution in [0.3, 0.4) is 0 Å². The van der Waals surface area contributed by atoms with E-state index >= 15 is 0 Å². The van der Waals surface area contributed by atoms with Gasteiger partial charge in [-0.15, -0.1) is 0 Å². The van der Waals surface area contributed by atoms with E-state index in [1.807, 2.05) is 23.5 Å². The predicted octanol–water partition coefficient (Wildman–Crippen LogP) is 4.30. The number of benzene rings is 1. The van der Waals surface area contributed by atoms with Crippen molar-refractivity contribution in [1.82, 2.24) is 25.6 Å². The predicted molar refractivity (Wildman–Crippen MR) is 130 cm³/mol. The lowest BCUT2D eigenvalue weighted by Crippen LogP contribution is -2.34. The van der Waals surface area contributed by atoms with Gasteiger partial charge in [0.05, 0.1) is 5.69 Å². The van der Waals surface area contributed by atoms with Gasteiger partial charge in [0.2, 0.25) is 5.95 Å². The molecule has 8 nitrogen and oxygen atoms in total. The van der Waals surface area contributed by atoms with E-state index in [9.17, 15) is 22.4 Å². The van der Waals surface area contributed by atoms with Crippen molar-refractivity contribution >= 4 is 29.2 Å². The Bertz CT molecular complexity index is 1310. The van der Waals surface area contributed by atoms with Crippen LogP contribution in [0.5, 0.6) is 0 Å². The van der Waals surface area contributed by atoms with Gasteiger partial charge in [-0.25, -0.2) is 9.97 Å². The smallest absolute Gasteiger partial charge is 0.343 e. The van der Waals surface area contributed by atoms with Crippen molar-refractivity contribution in [2.45, 2.75) is 37.4 Å². The summed E-state index contributed by atoms with van der Waals surface area (Å²) >= 11 is 0. The minimum atomic E-state index is -4.57. The Morgan fingerprint density at radius 1 is 1.08 bits per heavy atom. The summed E-state index contributed by atoms with van der Waals surface area (Å²) in [6.07, 6.45) is -1.18. The van der Waals surface area contributed by atoms with Crippen LogP contribution in [-0.4, -0.2) is 46.8 Å². The molecule has 1 aliphatic heterocycles. The van der Waals surface area contributed by atoms with Crippen molar-refractivity contribution in [3.05, 3.63) is 65.0 Å². The molecule has 1 amide bonds. The van der Waals surface area contributed by atoms with Crippen molar-refractivity contribution in [3.8, 4) is 0 Å². The maximum absolute atomic E-state index is 13.6. The zero-order chi connectivity index (χ0) is 26.0. The molecule has 37 heavy (non-hydrogen) atoms. The van der Waals surface area contributed by atoms with Gasteiger partial charge in [-0.1, -0.05) is 12.1 Å². The lowest BCUT2D eigenvalue weighted by Gasteiger charge is -2.18. The number of rotatable bonds is 8. The van der Waals surface area contributed by atoms with Crippen LogP contribution in [0.15, 0.2) is 42.6 Å². The van der Waals surface area contributed by atoms with Gasteiger partial charge in [0.1, 0.15) is 30.4 Å². The van der Waals surface area contributed by atoms with Crippen LogP contribution in [0.2, 0.25) is 0 Å². The van der Waals surface area contributed by atoms with Gasteiger partial charge in [-0.3, -0.25) is 9.18 Å². The van der Waals surface area contributed by atoms with Gasteiger partial charge in [-0.05, 0) is 61.2 Å². The third kappa shape index (κ3) is 5.79. The van der Waals surface area contributed by atoms with E-state index in [0.29, 0.717) is 18.5 Å². The second-order valence-corrected chi connectivity index (χ2v) is 9.24. The molecule has 0 saturated heterocycles. The first kappa shape index (κ1) is 24.9. The number of fused-ring (bicyclic) bond motifs is 1. The number of amides is 1. The molecule has 2 aliphatic rings. The standard InChI is InChI=1S/C25H25F4N7O/c26-13-24(7-8-24)19-2-1-3-20(34-19)35-21-18(22(37)32-14-25(27,28)29)12-31-23(36-21)33-17-5-4-16-11-30-9-6-15(16)10-17/h1-5,10,12,30H,6-9,11,13-14H2,(H,32,37)(H2,31,33,34,35,36). The molecule has 1 aliphatic carbocycles. The number of nitrogens with zero attached hydrogens (tertiary/aromatic N) is 3. The highest BCUT2D eigenvalue weighted by Gasteiger charge is 2.46. The van der Waals surface area contributed by atoms with Crippen molar-refractivity contribution < 1.29 is 22.4 Å². The first-order chi connectivity index (χ1) is 17.7. The number of nitrogens with one attached hydrogen (secondary N) is 4. The molecule has 5 rings (SSSR count). The SMILES string of the molecule is O=C(NCC(F)(F)F)c1cnc(Nc2ccc3c(c2)CCNC3)nc1Nc1cccc(C2(CF)CC2)n1. The van der Waals surface area contributed by atoms with Crippen LogP contribution < -0.4 is 21.3 Å². The molecule has 3 heterocycles. The maximum atomic E-state index is 13.6. The van der Waals surface area contributed by atoms with Gasteiger partial charge in [0.25, 0.3) is 5.91 Å². The van der Waals surface area contributed by atoms with Crippen LogP contribution in [0.4, 0.5) is 40.8 Å². The number of hydrogen-bond donors (Lipinski definition) is 4. The Balaban J connectivity index is 1.43. The zero-order valence-corrected chi connectivity index (χ0v) is 19.8. The zero-order valence-electron chi connectivity index (χ0n) is 19.8. The Labute approximate surface area is 210 Å². The lowest BCUT2D eigenvalue weighted by atomic mass is 10.0. The van der Waals surface area contributed by atoms with Crippen LogP contribution >= 0.6 is 0 Å². The molecule has 12 heteroatoms. The average Bonchev–Trinajstić information content (AvgIpc) is 3.69. The molecular formula is C25H25F4N7O. The topological polar surface area (TPSA) is 104 Å². The number of hydrogen-bond acceptors (Lipinski definition) is 7. The molecule has 0 atom stereocenters. The number of aromatic nitrogens is 3. The summed E-state index contributed by atoms with van der Waals surface area (Å²) in [5.74, 6) is -0.601. The molecule has 0 unspecified atom stereocenters. The third-order valence-electron chi connectivity index (χ3n) is 6.48. The van der Waals surface area contributed by atoms with Crippen molar-refractivity contribution in [2.75, 3.05) is 30.4 Å². The molecule has 0 radical (unpaired) electrons. The minimum Gasteiger partial charge on any atom is -0.343 e. The summed E-state index contributed by atoms with van der Waals surface area (Å²) < 4.78 is 51.6. The third-order valence-corrected chi connectivity index (χ3v) is 6.48. The second-order valence-electron chi connectivity index (χ2n) is 9.24. The van der Waals surface area contributed by atoms with Crippen molar-refractivity contribution in [3.63, 3.8) is 0 Å². The lowest BCUT2D eigenvalue weighted by molar-refractivity contribution is -0.123. The number of alkyl halides is 4.